The summed E-state index contributed by atoms with van der Waals surface area (Å²) in [6.07, 6.45) is 18.6. The Kier molecular flexibility index (Phi) is 10.5. The molecule has 41 heavy (non-hydrogen) atoms. The van der Waals surface area contributed by atoms with Crippen LogP contribution in [0.1, 0.15) is 105 Å². The number of likely N-dealkylation sites (tertiary alicyclic amines) is 2. The molecule has 2 aliphatic heterocycles. The molecule has 1 aliphatic carbocycles. The number of nitrogens with zero attached hydrogens (tertiary/aromatic N) is 2. The number of aryl methyl sites for hydroxylation is 2. The van der Waals surface area contributed by atoms with Crippen LogP contribution in [0.5, 0.6) is 5.75 Å². The molecule has 0 spiro atoms. The fourth-order valence-electron chi connectivity index (χ4n) is 7.25. The Morgan fingerprint density at radius 2 is 1.56 bits per heavy atom. The Balaban J connectivity index is 1.37. The van der Waals surface area contributed by atoms with Crippen LogP contribution in [0.2, 0.25) is 0 Å². The number of hydrogen-bond donors (Lipinski definition) is 0. The van der Waals surface area contributed by atoms with E-state index < -0.39 is 0 Å². The quantitative estimate of drug-likeness (QED) is 0.273. The summed E-state index contributed by atoms with van der Waals surface area (Å²) in [7, 11) is 6.37. The van der Waals surface area contributed by atoms with Crippen molar-refractivity contribution in [2.75, 3.05) is 47.4 Å². The molecule has 1 aromatic carbocycles. The van der Waals surface area contributed by atoms with Gasteiger partial charge in [-0.1, -0.05) is 31.9 Å². The van der Waals surface area contributed by atoms with Gasteiger partial charge in [-0.05, 0) is 169 Å². The molecule has 2 aromatic rings. The van der Waals surface area contributed by atoms with Gasteiger partial charge in [-0.2, -0.15) is 0 Å². The molecular weight excluding hydrogens is 504 g/mol. The van der Waals surface area contributed by atoms with Crippen molar-refractivity contribution in [2.24, 2.45) is 11.8 Å². The molecule has 1 aromatic heterocycles. The van der Waals surface area contributed by atoms with Gasteiger partial charge in [-0.15, -0.1) is 0 Å². The van der Waals surface area contributed by atoms with Gasteiger partial charge in [0.2, 0.25) is 0 Å². The van der Waals surface area contributed by atoms with Crippen LogP contribution in [0.3, 0.4) is 0 Å². The van der Waals surface area contributed by atoms with E-state index in [1.807, 2.05) is 14.0 Å². The number of piperidine rings is 2. The summed E-state index contributed by atoms with van der Waals surface area (Å²) in [5.74, 6) is 5.22. The normalized spacial score (nSPS) is 24.2. The van der Waals surface area contributed by atoms with Crippen molar-refractivity contribution in [1.82, 2.24) is 9.80 Å². The van der Waals surface area contributed by atoms with E-state index in [2.05, 4.69) is 67.2 Å². The summed E-state index contributed by atoms with van der Waals surface area (Å²) in [5.41, 5.74) is 6.95. The maximum atomic E-state index is 6.12. The van der Waals surface area contributed by atoms with Gasteiger partial charge in [0.05, 0.1) is 7.11 Å². The summed E-state index contributed by atoms with van der Waals surface area (Å²) in [6, 6.07) is 9.11. The summed E-state index contributed by atoms with van der Waals surface area (Å²) in [4.78, 5) is 4.95. The third-order valence-corrected chi connectivity index (χ3v) is 10.2. The Morgan fingerprint density at radius 3 is 2.20 bits per heavy atom. The second-order valence-electron chi connectivity index (χ2n) is 13.4. The van der Waals surface area contributed by atoms with E-state index in [4.69, 9.17) is 9.15 Å². The van der Waals surface area contributed by atoms with Gasteiger partial charge in [-0.25, -0.2) is 0 Å². The van der Waals surface area contributed by atoms with Crippen molar-refractivity contribution in [2.45, 2.75) is 90.4 Å². The first-order chi connectivity index (χ1) is 19.9. The van der Waals surface area contributed by atoms with Crippen molar-refractivity contribution < 1.29 is 9.15 Å². The maximum Gasteiger partial charge on any atom is 0.133 e. The summed E-state index contributed by atoms with van der Waals surface area (Å²) in [6.45, 7) is 9.43. The highest BCUT2D eigenvalue weighted by Gasteiger charge is 2.23. The molecule has 0 bridgehead atoms. The van der Waals surface area contributed by atoms with Crippen molar-refractivity contribution in [1.29, 1.82) is 0 Å². The molecule has 2 fully saturated rings. The van der Waals surface area contributed by atoms with Crippen LogP contribution in [-0.4, -0.2) is 57.2 Å². The zero-order valence-corrected chi connectivity index (χ0v) is 26.5. The largest absolute Gasteiger partial charge is 0.496 e. The van der Waals surface area contributed by atoms with Crippen molar-refractivity contribution in [3.63, 3.8) is 0 Å². The molecule has 0 amide bonds. The first-order valence-corrected chi connectivity index (χ1v) is 16.5. The minimum atomic E-state index is 0.451. The number of ether oxygens (including phenoxy) is 1. The molecule has 2 saturated heterocycles. The van der Waals surface area contributed by atoms with E-state index in [1.54, 1.807) is 0 Å². The van der Waals surface area contributed by atoms with Crippen LogP contribution < -0.4 is 4.74 Å². The Bertz CT molecular complexity index is 1190. The van der Waals surface area contributed by atoms with E-state index in [-0.39, 0.29) is 0 Å². The fraction of sp³-hybridized carbons (Fsp3) is 0.622. The second kappa shape index (κ2) is 14.2. The molecular formula is C37H54N2O2. The molecule has 0 saturated carbocycles. The number of unbranched alkanes of at least 4 members (excludes halogenated alkanes) is 1. The molecule has 4 heteroatoms. The van der Waals surface area contributed by atoms with Crippen LogP contribution in [0.25, 0.3) is 11.1 Å². The van der Waals surface area contributed by atoms with Gasteiger partial charge in [0.1, 0.15) is 17.3 Å². The van der Waals surface area contributed by atoms with Crippen molar-refractivity contribution in [3.8, 4) is 5.75 Å². The number of rotatable bonds is 10. The smallest absolute Gasteiger partial charge is 0.133 e. The first-order valence-electron chi connectivity index (χ1n) is 16.5. The number of fused-ring (bicyclic) bond motifs is 1. The molecule has 224 valence electrons. The standard InChI is InChI=1S/C37H54N2O2/c1-27-10-13-32(36-15-11-28(2)41-36)24-31(9-7-6-8-29-16-20-38(3)21-17-29)35-26-37(40-5)33(25-34(27)35)14-12-30-18-22-39(4)23-19-30/h11,13,15,24-27,29-30H,6-10,12,14,16-23H2,1-5H3/b31-24-,32-13-. The van der Waals surface area contributed by atoms with E-state index in [9.17, 15) is 0 Å². The van der Waals surface area contributed by atoms with Gasteiger partial charge in [-0.3, -0.25) is 0 Å². The van der Waals surface area contributed by atoms with Crippen LogP contribution in [0, 0.1) is 18.8 Å². The fourth-order valence-corrected chi connectivity index (χ4v) is 7.25. The average Bonchev–Trinajstić information content (AvgIpc) is 3.41. The molecule has 4 nitrogen and oxygen atoms in total. The zero-order chi connectivity index (χ0) is 28.8. The van der Waals surface area contributed by atoms with Crippen LogP contribution in [0.15, 0.2) is 40.8 Å². The second-order valence-corrected chi connectivity index (χ2v) is 13.4. The van der Waals surface area contributed by atoms with Gasteiger partial charge in [0, 0.05) is 5.57 Å². The third-order valence-electron chi connectivity index (χ3n) is 10.2. The monoisotopic (exact) mass is 558 g/mol. The van der Waals surface area contributed by atoms with Gasteiger partial charge in [0.15, 0.2) is 0 Å². The highest BCUT2D eigenvalue weighted by Crippen LogP contribution is 2.41. The minimum absolute atomic E-state index is 0.451. The molecule has 5 rings (SSSR count). The summed E-state index contributed by atoms with van der Waals surface area (Å²) < 4.78 is 12.2. The van der Waals surface area contributed by atoms with Gasteiger partial charge < -0.3 is 19.0 Å². The van der Waals surface area contributed by atoms with E-state index in [0.29, 0.717) is 5.92 Å². The molecule has 0 radical (unpaired) electrons. The van der Waals surface area contributed by atoms with Crippen LogP contribution in [-0.2, 0) is 6.42 Å². The van der Waals surface area contributed by atoms with Crippen molar-refractivity contribution >= 4 is 11.1 Å². The predicted molar refractivity (Wildman–Crippen MR) is 173 cm³/mol. The molecule has 3 aliphatic rings. The zero-order valence-electron chi connectivity index (χ0n) is 26.5. The minimum Gasteiger partial charge on any atom is -0.496 e. The van der Waals surface area contributed by atoms with E-state index in [1.165, 1.54) is 105 Å². The highest BCUT2D eigenvalue weighted by atomic mass is 16.5. The lowest BCUT2D eigenvalue weighted by molar-refractivity contribution is 0.210. The average molecular weight is 559 g/mol. The lowest BCUT2D eigenvalue weighted by Crippen LogP contribution is -2.30. The Morgan fingerprint density at radius 1 is 0.878 bits per heavy atom. The van der Waals surface area contributed by atoms with Crippen LogP contribution in [0.4, 0.5) is 0 Å². The lowest BCUT2D eigenvalue weighted by atomic mass is 9.81. The number of furan rings is 1. The Hall–Kier alpha value is -2.30. The van der Waals surface area contributed by atoms with Crippen LogP contribution >= 0.6 is 0 Å². The van der Waals surface area contributed by atoms with E-state index >= 15 is 0 Å². The van der Waals surface area contributed by atoms with E-state index in [0.717, 1.165) is 48.4 Å². The maximum absolute atomic E-state index is 6.12. The number of hydrogen-bond acceptors (Lipinski definition) is 4. The Labute approximate surface area is 249 Å². The molecule has 1 unspecified atom stereocenters. The number of methoxy groups -OCH3 is 1. The van der Waals surface area contributed by atoms with Gasteiger partial charge >= 0.3 is 0 Å². The van der Waals surface area contributed by atoms with Gasteiger partial charge in [0.25, 0.3) is 0 Å². The SMILES string of the molecule is COc1cc2c(cc1CCC1CCN(C)CC1)C(C)C/C=C(c1ccc(C)o1)/C=C\2CCCCC1CCN(C)CC1. The summed E-state index contributed by atoms with van der Waals surface area (Å²) >= 11 is 0. The third kappa shape index (κ3) is 7.96. The molecule has 1 atom stereocenters. The lowest BCUT2D eigenvalue weighted by Gasteiger charge is -2.29. The summed E-state index contributed by atoms with van der Waals surface area (Å²) in [5, 5.41) is 0. The predicted octanol–water partition coefficient (Wildman–Crippen LogP) is 8.75. The number of allylic oxidation sites excluding steroid dienone is 4. The van der Waals surface area contributed by atoms with Crippen molar-refractivity contribution in [3.05, 3.63) is 64.6 Å². The highest BCUT2D eigenvalue weighted by molar-refractivity contribution is 5.84. The molecule has 0 N–H and O–H groups in total. The molecule has 3 heterocycles. The number of benzene rings is 1. The topological polar surface area (TPSA) is 28.9 Å². The first kappa shape index (κ1) is 30.2.